The molecule has 55 heavy (non-hydrogen) atoms. The molecule has 2 nitrogen and oxygen atoms in total. The number of fused-ring (bicyclic) bond motifs is 8. The summed E-state index contributed by atoms with van der Waals surface area (Å²) >= 11 is 1.86. The molecule has 0 spiro atoms. The maximum atomic E-state index is 2.50. The number of aromatic nitrogens is 1. The lowest BCUT2D eigenvalue weighted by atomic mass is 9.95. The predicted molar refractivity (Wildman–Crippen MR) is 237 cm³/mol. The molecule has 0 aliphatic rings. The third-order valence-corrected chi connectivity index (χ3v) is 12.1. The van der Waals surface area contributed by atoms with Gasteiger partial charge in [-0.2, -0.15) is 0 Å². The van der Waals surface area contributed by atoms with Crippen molar-refractivity contribution in [3.8, 4) is 27.9 Å². The fourth-order valence-electron chi connectivity index (χ4n) is 8.43. The molecule has 0 bridgehead atoms. The van der Waals surface area contributed by atoms with E-state index in [1.165, 1.54) is 69.5 Å². The number of rotatable bonds is 6. The van der Waals surface area contributed by atoms with Gasteiger partial charge in [-0.05, 0) is 94.4 Å². The molecule has 11 aromatic rings. The van der Waals surface area contributed by atoms with E-state index in [0.29, 0.717) is 0 Å². The van der Waals surface area contributed by atoms with Gasteiger partial charge < -0.3 is 9.47 Å². The normalized spacial score (nSPS) is 11.6. The molecule has 11 rings (SSSR count). The van der Waals surface area contributed by atoms with Gasteiger partial charge in [0.15, 0.2) is 0 Å². The van der Waals surface area contributed by atoms with Gasteiger partial charge in [-0.3, -0.25) is 0 Å². The van der Waals surface area contributed by atoms with Crippen LogP contribution in [0.15, 0.2) is 206 Å². The average molecular weight is 719 g/mol. The summed E-state index contributed by atoms with van der Waals surface area (Å²) in [5.74, 6) is 0. The van der Waals surface area contributed by atoms with E-state index < -0.39 is 0 Å². The van der Waals surface area contributed by atoms with Crippen molar-refractivity contribution in [1.82, 2.24) is 4.57 Å². The van der Waals surface area contributed by atoms with Crippen molar-refractivity contribution < 1.29 is 0 Å². The molecular weight excluding hydrogens is 685 g/mol. The monoisotopic (exact) mass is 718 g/mol. The molecule has 0 aliphatic carbocycles. The Morgan fingerprint density at radius 3 is 1.76 bits per heavy atom. The standard InChI is InChI=1S/C52H34N2S/c1-4-14-35(15-5-1)36-24-26-40(27-25-36)54-48-34-42(28-30-45(48)51-46(37-16-6-2-7-17-37)32-38-18-10-11-21-43(38)52(51)54)53(39-19-8-3-9-20-39)41-29-31-50-47(33-41)44-22-12-13-23-49(44)55-50/h1-34H. The van der Waals surface area contributed by atoms with E-state index >= 15 is 0 Å². The highest BCUT2D eigenvalue weighted by molar-refractivity contribution is 7.25. The van der Waals surface area contributed by atoms with E-state index in [9.17, 15) is 0 Å². The van der Waals surface area contributed by atoms with Gasteiger partial charge in [0, 0.05) is 59.1 Å². The zero-order valence-electron chi connectivity index (χ0n) is 29.9. The van der Waals surface area contributed by atoms with E-state index in [1.807, 2.05) is 11.3 Å². The molecule has 0 radical (unpaired) electrons. The molecule has 0 N–H and O–H groups in total. The van der Waals surface area contributed by atoms with Gasteiger partial charge in [0.1, 0.15) is 0 Å². The third kappa shape index (κ3) is 5.24. The number of hydrogen-bond acceptors (Lipinski definition) is 2. The topological polar surface area (TPSA) is 8.17 Å². The van der Waals surface area contributed by atoms with E-state index in [0.717, 1.165) is 28.3 Å². The smallest absolute Gasteiger partial charge is 0.0625 e. The van der Waals surface area contributed by atoms with Crippen LogP contribution in [-0.2, 0) is 0 Å². The summed E-state index contributed by atoms with van der Waals surface area (Å²) in [4.78, 5) is 2.40. The molecule has 3 heteroatoms. The van der Waals surface area contributed by atoms with Crippen molar-refractivity contribution in [3.05, 3.63) is 206 Å². The lowest BCUT2D eigenvalue weighted by Gasteiger charge is -2.26. The molecular formula is C52H34N2S. The maximum Gasteiger partial charge on any atom is 0.0625 e. The van der Waals surface area contributed by atoms with Gasteiger partial charge in [-0.1, -0.05) is 140 Å². The van der Waals surface area contributed by atoms with Gasteiger partial charge in [0.25, 0.3) is 0 Å². The number of nitrogens with zero attached hydrogens (tertiary/aromatic N) is 2. The molecule has 0 amide bonds. The van der Waals surface area contributed by atoms with Gasteiger partial charge in [-0.15, -0.1) is 11.3 Å². The average Bonchev–Trinajstić information content (AvgIpc) is 3.80. The van der Waals surface area contributed by atoms with Crippen LogP contribution in [0.1, 0.15) is 0 Å². The van der Waals surface area contributed by atoms with Crippen LogP contribution in [0, 0.1) is 0 Å². The fraction of sp³-hybridized carbons (Fsp3) is 0. The largest absolute Gasteiger partial charge is 0.310 e. The van der Waals surface area contributed by atoms with Crippen molar-refractivity contribution in [3.63, 3.8) is 0 Å². The lowest BCUT2D eigenvalue weighted by Crippen LogP contribution is -2.10. The Hall–Kier alpha value is -6.94. The van der Waals surface area contributed by atoms with Crippen LogP contribution in [0.5, 0.6) is 0 Å². The quantitative estimate of drug-likeness (QED) is 0.166. The number of hydrogen-bond donors (Lipinski definition) is 0. The zero-order valence-corrected chi connectivity index (χ0v) is 30.7. The molecule has 0 aliphatic heterocycles. The van der Waals surface area contributed by atoms with Gasteiger partial charge in [0.2, 0.25) is 0 Å². The van der Waals surface area contributed by atoms with Crippen molar-refractivity contribution in [2.75, 3.05) is 4.90 Å². The number of benzene rings is 9. The molecule has 0 fully saturated rings. The van der Waals surface area contributed by atoms with Crippen molar-refractivity contribution in [2.45, 2.75) is 0 Å². The molecule has 0 saturated carbocycles. The minimum Gasteiger partial charge on any atom is -0.310 e. The summed E-state index contributed by atoms with van der Waals surface area (Å²) in [6, 6.07) is 75.2. The molecule has 2 heterocycles. The van der Waals surface area contributed by atoms with Crippen LogP contribution in [0.4, 0.5) is 17.1 Å². The van der Waals surface area contributed by atoms with Gasteiger partial charge >= 0.3 is 0 Å². The first kappa shape index (κ1) is 31.6. The van der Waals surface area contributed by atoms with Crippen LogP contribution in [-0.4, -0.2) is 4.57 Å². The lowest BCUT2D eigenvalue weighted by molar-refractivity contribution is 1.18. The molecule has 0 atom stereocenters. The second-order valence-electron chi connectivity index (χ2n) is 14.1. The SMILES string of the molecule is c1ccc(-c2ccc(-n3c4cc(N(c5ccccc5)c5ccc6sc7ccccc7c6c5)ccc4c4c(-c5ccccc5)cc5ccccc5c43)cc2)cc1. The minimum atomic E-state index is 1.10. The summed E-state index contributed by atoms with van der Waals surface area (Å²) in [6.07, 6.45) is 0. The van der Waals surface area contributed by atoms with Crippen LogP contribution in [0.25, 0.3) is 80.7 Å². The molecule has 9 aromatic carbocycles. The Morgan fingerprint density at radius 1 is 0.382 bits per heavy atom. The Kier molecular flexibility index (Phi) is 7.39. The molecule has 2 aromatic heterocycles. The zero-order chi connectivity index (χ0) is 36.3. The van der Waals surface area contributed by atoms with E-state index in [-0.39, 0.29) is 0 Å². The van der Waals surface area contributed by atoms with Crippen molar-refractivity contribution in [2.24, 2.45) is 0 Å². The maximum absolute atomic E-state index is 2.50. The highest BCUT2D eigenvalue weighted by Gasteiger charge is 2.22. The highest BCUT2D eigenvalue weighted by atomic mass is 32.1. The Labute approximate surface area is 323 Å². The van der Waals surface area contributed by atoms with Crippen LogP contribution >= 0.6 is 11.3 Å². The number of thiophene rings is 1. The first-order chi connectivity index (χ1) is 27.3. The predicted octanol–water partition coefficient (Wildman–Crippen LogP) is 15.1. The van der Waals surface area contributed by atoms with E-state index in [2.05, 4.69) is 216 Å². The van der Waals surface area contributed by atoms with E-state index in [4.69, 9.17) is 0 Å². The van der Waals surface area contributed by atoms with Crippen molar-refractivity contribution in [1.29, 1.82) is 0 Å². The fourth-order valence-corrected chi connectivity index (χ4v) is 9.52. The Bertz CT molecular complexity index is 3180. The Morgan fingerprint density at radius 2 is 0.982 bits per heavy atom. The molecule has 0 saturated heterocycles. The Balaban J connectivity index is 1.21. The summed E-state index contributed by atoms with van der Waals surface area (Å²) in [5, 5.41) is 7.52. The van der Waals surface area contributed by atoms with Crippen LogP contribution < -0.4 is 4.90 Å². The van der Waals surface area contributed by atoms with Crippen molar-refractivity contribution >= 4 is 81.1 Å². The second-order valence-corrected chi connectivity index (χ2v) is 15.2. The molecule has 0 unspecified atom stereocenters. The summed E-state index contributed by atoms with van der Waals surface area (Å²) in [6.45, 7) is 0. The van der Waals surface area contributed by atoms with Gasteiger partial charge in [0.05, 0.1) is 11.0 Å². The first-order valence-corrected chi connectivity index (χ1v) is 19.6. The van der Waals surface area contributed by atoms with Crippen LogP contribution in [0.2, 0.25) is 0 Å². The molecule has 258 valence electrons. The third-order valence-electron chi connectivity index (χ3n) is 10.9. The number of para-hydroxylation sites is 1. The van der Waals surface area contributed by atoms with E-state index in [1.54, 1.807) is 0 Å². The van der Waals surface area contributed by atoms with Gasteiger partial charge in [-0.25, -0.2) is 0 Å². The van der Waals surface area contributed by atoms with Crippen LogP contribution in [0.3, 0.4) is 0 Å². The highest BCUT2D eigenvalue weighted by Crippen LogP contribution is 2.46. The second kappa shape index (κ2) is 12.9. The first-order valence-electron chi connectivity index (χ1n) is 18.8. The summed E-state index contributed by atoms with van der Waals surface area (Å²) < 4.78 is 5.11. The summed E-state index contributed by atoms with van der Waals surface area (Å²) in [5.41, 5.74) is 11.7. The summed E-state index contributed by atoms with van der Waals surface area (Å²) in [7, 11) is 0. The minimum absolute atomic E-state index is 1.10. The number of anilines is 3.